The van der Waals surface area contributed by atoms with E-state index in [2.05, 4.69) is 17.6 Å². The van der Waals surface area contributed by atoms with E-state index < -0.39 is 0 Å². The highest BCUT2D eigenvalue weighted by Crippen LogP contribution is 2.37. The Hall–Kier alpha value is -1.26. The number of carbonyl (C=O) groups is 2. The van der Waals surface area contributed by atoms with Gasteiger partial charge in [-0.15, -0.1) is 0 Å². The molecule has 4 unspecified atom stereocenters. The lowest BCUT2D eigenvalue weighted by Gasteiger charge is -2.44. The minimum atomic E-state index is -0.183. The predicted octanol–water partition coefficient (Wildman–Crippen LogP) is 4.20. The van der Waals surface area contributed by atoms with Crippen LogP contribution in [0, 0.1) is 11.8 Å². The summed E-state index contributed by atoms with van der Waals surface area (Å²) in [5, 5.41) is 7.07. The summed E-state index contributed by atoms with van der Waals surface area (Å²) in [6.07, 6.45) is 5.62. The van der Waals surface area contributed by atoms with Crippen molar-refractivity contribution >= 4 is 35.0 Å². The molecule has 4 atom stereocenters. The number of amides is 2. The summed E-state index contributed by atoms with van der Waals surface area (Å²) >= 11 is 12.0. The van der Waals surface area contributed by atoms with Gasteiger partial charge in [0.05, 0.1) is 10.6 Å². The van der Waals surface area contributed by atoms with E-state index in [4.69, 9.17) is 23.2 Å². The molecule has 3 rings (SSSR count). The van der Waals surface area contributed by atoms with Gasteiger partial charge in [0.25, 0.3) is 5.91 Å². The minimum absolute atomic E-state index is 0.0566. The molecule has 0 bridgehead atoms. The molecule has 1 aliphatic carbocycles. The third kappa shape index (κ3) is 4.29. The maximum absolute atomic E-state index is 12.5. The van der Waals surface area contributed by atoms with Crippen molar-refractivity contribution in [2.45, 2.75) is 57.5 Å². The first kappa shape index (κ1) is 18.5. The van der Waals surface area contributed by atoms with Gasteiger partial charge in [-0.05, 0) is 55.7 Å². The minimum Gasteiger partial charge on any atom is -0.353 e. The lowest BCUT2D eigenvalue weighted by Crippen LogP contribution is -2.55. The molecular weight excluding hydrogens is 359 g/mol. The van der Waals surface area contributed by atoms with Crippen molar-refractivity contribution in [2.75, 3.05) is 0 Å². The van der Waals surface area contributed by atoms with Crippen molar-refractivity contribution < 1.29 is 9.59 Å². The van der Waals surface area contributed by atoms with Crippen LogP contribution in [0.5, 0.6) is 0 Å². The van der Waals surface area contributed by atoms with Crippen molar-refractivity contribution in [3.8, 4) is 0 Å². The molecule has 4 nitrogen and oxygen atoms in total. The van der Waals surface area contributed by atoms with Gasteiger partial charge >= 0.3 is 0 Å². The van der Waals surface area contributed by atoms with Crippen LogP contribution in [0.4, 0.5) is 0 Å². The highest BCUT2D eigenvalue weighted by Gasteiger charge is 2.40. The number of fused-ring (bicyclic) bond motifs is 1. The van der Waals surface area contributed by atoms with Crippen molar-refractivity contribution in [3.05, 3.63) is 33.8 Å². The predicted molar refractivity (Wildman–Crippen MR) is 100 cm³/mol. The van der Waals surface area contributed by atoms with E-state index in [1.165, 1.54) is 0 Å². The average Bonchev–Trinajstić information content (AvgIpc) is 2.54. The largest absolute Gasteiger partial charge is 0.353 e. The Morgan fingerprint density at radius 2 is 2.12 bits per heavy atom. The SMILES string of the molecule is CCCC1CC(=O)NC2CC(NC(=O)c3ccc(Cl)cc3Cl)CCC12. The Labute approximate surface area is 158 Å². The Kier molecular flexibility index (Phi) is 5.90. The third-order valence-electron chi connectivity index (χ3n) is 5.47. The number of rotatable bonds is 4. The second-order valence-corrected chi connectivity index (χ2v) is 8.04. The molecule has 2 N–H and O–H groups in total. The van der Waals surface area contributed by atoms with Crippen LogP contribution in [0.15, 0.2) is 18.2 Å². The summed E-state index contributed by atoms with van der Waals surface area (Å²) in [7, 11) is 0. The molecule has 2 amide bonds. The fourth-order valence-electron chi connectivity index (χ4n) is 4.33. The molecule has 1 aromatic rings. The topological polar surface area (TPSA) is 58.2 Å². The van der Waals surface area contributed by atoms with Crippen LogP contribution in [0.3, 0.4) is 0 Å². The van der Waals surface area contributed by atoms with Crippen molar-refractivity contribution in [3.63, 3.8) is 0 Å². The molecule has 25 heavy (non-hydrogen) atoms. The number of halogens is 2. The summed E-state index contributed by atoms with van der Waals surface area (Å²) < 4.78 is 0. The van der Waals surface area contributed by atoms with Crippen LogP contribution >= 0.6 is 23.2 Å². The van der Waals surface area contributed by atoms with E-state index >= 15 is 0 Å². The molecule has 0 aromatic heterocycles. The maximum Gasteiger partial charge on any atom is 0.253 e. The molecule has 1 heterocycles. The molecule has 2 aliphatic rings. The third-order valence-corrected chi connectivity index (χ3v) is 6.02. The summed E-state index contributed by atoms with van der Waals surface area (Å²) in [6, 6.07) is 5.10. The maximum atomic E-state index is 12.5. The van der Waals surface area contributed by atoms with Crippen LogP contribution < -0.4 is 10.6 Å². The van der Waals surface area contributed by atoms with Crippen molar-refractivity contribution in [2.24, 2.45) is 11.8 Å². The number of piperidine rings is 1. The molecule has 0 radical (unpaired) electrons. The van der Waals surface area contributed by atoms with Crippen LogP contribution in [-0.2, 0) is 4.79 Å². The van der Waals surface area contributed by atoms with Crippen LogP contribution in [0.1, 0.15) is 55.8 Å². The smallest absolute Gasteiger partial charge is 0.253 e. The first-order valence-electron chi connectivity index (χ1n) is 9.03. The molecule has 1 saturated heterocycles. The average molecular weight is 383 g/mol. The number of benzene rings is 1. The van der Waals surface area contributed by atoms with Gasteiger partial charge in [-0.2, -0.15) is 0 Å². The molecule has 1 aromatic carbocycles. The fraction of sp³-hybridized carbons (Fsp3) is 0.579. The Morgan fingerprint density at radius 3 is 2.84 bits per heavy atom. The van der Waals surface area contributed by atoms with Gasteiger partial charge in [-0.3, -0.25) is 9.59 Å². The molecule has 6 heteroatoms. The first-order valence-corrected chi connectivity index (χ1v) is 9.78. The van der Waals surface area contributed by atoms with Gasteiger partial charge in [-0.25, -0.2) is 0 Å². The number of hydrogen-bond donors (Lipinski definition) is 2. The van der Waals surface area contributed by atoms with E-state index in [9.17, 15) is 9.59 Å². The summed E-state index contributed by atoms with van der Waals surface area (Å²) in [5.74, 6) is 0.973. The van der Waals surface area contributed by atoms with E-state index in [0.717, 1.165) is 32.1 Å². The molecule has 1 aliphatic heterocycles. The highest BCUT2D eigenvalue weighted by atomic mass is 35.5. The Morgan fingerprint density at radius 1 is 1.32 bits per heavy atom. The lowest BCUT2D eigenvalue weighted by atomic mass is 9.70. The van der Waals surface area contributed by atoms with Crippen molar-refractivity contribution in [1.82, 2.24) is 10.6 Å². The Balaban J connectivity index is 1.64. The van der Waals surface area contributed by atoms with Gasteiger partial charge in [0.15, 0.2) is 0 Å². The van der Waals surface area contributed by atoms with Gasteiger partial charge in [-0.1, -0.05) is 36.5 Å². The second kappa shape index (κ2) is 7.96. The van der Waals surface area contributed by atoms with Gasteiger partial charge < -0.3 is 10.6 Å². The molecule has 136 valence electrons. The highest BCUT2D eigenvalue weighted by molar-refractivity contribution is 6.36. The van der Waals surface area contributed by atoms with Crippen molar-refractivity contribution in [1.29, 1.82) is 0 Å². The monoisotopic (exact) mass is 382 g/mol. The molecule has 2 fully saturated rings. The van der Waals surface area contributed by atoms with E-state index in [0.29, 0.717) is 33.9 Å². The first-order chi connectivity index (χ1) is 12.0. The standard InChI is InChI=1S/C19H24Cl2N2O2/c1-2-3-11-8-18(24)23-17-10-13(5-7-14(11)17)22-19(25)15-6-4-12(20)9-16(15)21/h4,6,9,11,13-14,17H,2-3,5,7-8,10H2,1H3,(H,22,25)(H,23,24). The van der Waals surface area contributed by atoms with Crippen LogP contribution in [-0.4, -0.2) is 23.9 Å². The summed E-state index contributed by atoms with van der Waals surface area (Å²) in [6.45, 7) is 2.17. The van der Waals surface area contributed by atoms with E-state index in [1.54, 1.807) is 18.2 Å². The fourth-order valence-corrected chi connectivity index (χ4v) is 4.83. The molecule has 0 spiro atoms. The normalized spacial score (nSPS) is 28.8. The second-order valence-electron chi connectivity index (χ2n) is 7.20. The van der Waals surface area contributed by atoms with Crippen LogP contribution in [0.25, 0.3) is 0 Å². The zero-order valence-electron chi connectivity index (χ0n) is 14.4. The quantitative estimate of drug-likeness (QED) is 0.819. The van der Waals surface area contributed by atoms with Crippen LogP contribution in [0.2, 0.25) is 10.0 Å². The number of carbonyl (C=O) groups excluding carboxylic acids is 2. The zero-order valence-corrected chi connectivity index (χ0v) is 15.9. The summed E-state index contributed by atoms with van der Waals surface area (Å²) in [5.41, 5.74) is 0.435. The van der Waals surface area contributed by atoms with E-state index in [-0.39, 0.29) is 23.9 Å². The summed E-state index contributed by atoms with van der Waals surface area (Å²) in [4.78, 5) is 24.5. The van der Waals surface area contributed by atoms with Gasteiger partial charge in [0.1, 0.15) is 0 Å². The van der Waals surface area contributed by atoms with Gasteiger partial charge in [0, 0.05) is 23.5 Å². The lowest BCUT2D eigenvalue weighted by molar-refractivity contribution is -0.127. The van der Waals surface area contributed by atoms with E-state index in [1.807, 2.05) is 0 Å². The number of nitrogens with one attached hydrogen (secondary N) is 2. The zero-order chi connectivity index (χ0) is 18.0. The van der Waals surface area contributed by atoms with Gasteiger partial charge in [0.2, 0.25) is 5.91 Å². The number of hydrogen-bond acceptors (Lipinski definition) is 2. The molecular formula is C19H24Cl2N2O2. The molecule has 1 saturated carbocycles. The Bertz CT molecular complexity index is 665.